The summed E-state index contributed by atoms with van der Waals surface area (Å²) in [5.74, 6) is -0.363. The zero-order chi connectivity index (χ0) is 15.5. The Bertz CT molecular complexity index is 768. The number of phenolic OH excluding ortho intramolecular Hbond substituents is 2. The van der Waals surface area contributed by atoms with E-state index in [1.54, 1.807) is 24.3 Å². The summed E-state index contributed by atoms with van der Waals surface area (Å²) in [5.41, 5.74) is 1.23. The molecule has 2 aromatic rings. The molecule has 22 heavy (non-hydrogen) atoms. The number of rotatable bonds is 4. The van der Waals surface area contributed by atoms with Gasteiger partial charge < -0.3 is 18.9 Å². The number of benzene rings is 2. The Morgan fingerprint density at radius 2 is 1.50 bits per heavy atom. The van der Waals surface area contributed by atoms with Crippen LogP contribution in [0.4, 0.5) is 0 Å². The molecule has 0 aromatic heterocycles. The first-order valence-electron chi connectivity index (χ1n) is 5.78. The second-order valence-electron chi connectivity index (χ2n) is 4.18. The third kappa shape index (κ3) is 6.08. The topological polar surface area (TPSA) is 107 Å². The molecule has 2 N–H and O–H groups in total. The minimum atomic E-state index is -4.90. The Kier molecular flexibility index (Phi) is 6.46. The van der Waals surface area contributed by atoms with Crippen LogP contribution >= 0.6 is 0 Å². The summed E-state index contributed by atoms with van der Waals surface area (Å²) in [5, 5.41) is 18.6. The Hall–Kier alpha value is -1.51. The van der Waals surface area contributed by atoms with Crippen molar-refractivity contribution in [3.63, 3.8) is 0 Å². The number of aromatic hydroxyl groups is 2. The van der Waals surface area contributed by atoms with E-state index in [0.717, 1.165) is 11.6 Å². The SMILES string of the molecule is O=S(=O)([O-])Oc1cc(O)cc(/C=C/c2ccc(O)cc2)c1.[Na+]. The van der Waals surface area contributed by atoms with E-state index in [1.165, 1.54) is 24.3 Å². The van der Waals surface area contributed by atoms with Crippen LogP contribution in [0.2, 0.25) is 0 Å². The molecule has 0 atom stereocenters. The Morgan fingerprint density at radius 1 is 0.909 bits per heavy atom. The molecule has 0 fully saturated rings. The molecule has 0 bridgehead atoms. The Morgan fingerprint density at radius 3 is 2.09 bits per heavy atom. The van der Waals surface area contributed by atoms with Crippen LogP contribution in [0.5, 0.6) is 17.2 Å². The molecule has 0 unspecified atom stereocenters. The van der Waals surface area contributed by atoms with Gasteiger partial charge in [0.05, 0.1) is 0 Å². The predicted octanol–water partition coefficient (Wildman–Crippen LogP) is -0.889. The van der Waals surface area contributed by atoms with Crippen LogP contribution in [0.1, 0.15) is 11.1 Å². The predicted molar refractivity (Wildman–Crippen MR) is 75.5 cm³/mol. The van der Waals surface area contributed by atoms with Gasteiger partial charge in [0.1, 0.15) is 17.2 Å². The fourth-order valence-corrected chi connectivity index (χ4v) is 1.98. The van der Waals surface area contributed by atoms with Gasteiger partial charge >= 0.3 is 29.6 Å². The number of hydrogen-bond acceptors (Lipinski definition) is 6. The molecule has 0 heterocycles. The van der Waals surface area contributed by atoms with Gasteiger partial charge in [-0.3, -0.25) is 0 Å². The van der Waals surface area contributed by atoms with E-state index < -0.39 is 10.4 Å². The summed E-state index contributed by atoms with van der Waals surface area (Å²) in [6.07, 6.45) is 3.28. The van der Waals surface area contributed by atoms with Crippen molar-refractivity contribution >= 4 is 22.6 Å². The van der Waals surface area contributed by atoms with Gasteiger partial charge in [0.2, 0.25) is 0 Å². The van der Waals surface area contributed by atoms with Crippen molar-refractivity contribution in [3.8, 4) is 17.2 Å². The molecule has 0 saturated carbocycles. The maximum absolute atomic E-state index is 10.5. The maximum Gasteiger partial charge on any atom is 1.00 e. The van der Waals surface area contributed by atoms with Crippen molar-refractivity contribution in [2.24, 2.45) is 0 Å². The molecule has 0 aliphatic carbocycles. The third-order valence-electron chi connectivity index (χ3n) is 2.47. The van der Waals surface area contributed by atoms with Gasteiger partial charge in [0.25, 0.3) is 10.4 Å². The van der Waals surface area contributed by atoms with Crippen LogP contribution in [0, 0.1) is 0 Å². The van der Waals surface area contributed by atoms with Crippen molar-refractivity contribution < 1.29 is 56.9 Å². The Balaban J connectivity index is 0.00000242. The third-order valence-corrected chi connectivity index (χ3v) is 2.87. The second-order valence-corrected chi connectivity index (χ2v) is 5.16. The monoisotopic (exact) mass is 330 g/mol. The summed E-state index contributed by atoms with van der Waals surface area (Å²) >= 11 is 0. The molecule has 110 valence electrons. The molecule has 0 radical (unpaired) electrons. The largest absolute Gasteiger partial charge is 1.00 e. The van der Waals surface area contributed by atoms with Gasteiger partial charge in [0, 0.05) is 6.07 Å². The van der Waals surface area contributed by atoms with E-state index in [4.69, 9.17) is 5.11 Å². The molecule has 2 rings (SSSR count). The first-order chi connectivity index (χ1) is 9.82. The smallest absolute Gasteiger partial charge is 0.716 e. The van der Waals surface area contributed by atoms with E-state index >= 15 is 0 Å². The molecular weight excluding hydrogens is 319 g/mol. The Labute approximate surface area is 149 Å². The minimum Gasteiger partial charge on any atom is -0.716 e. The second kappa shape index (κ2) is 7.66. The van der Waals surface area contributed by atoms with Crippen LogP contribution in [-0.2, 0) is 10.4 Å². The quantitative estimate of drug-likeness (QED) is 0.326. The molecule has 2 aromatic carbocycles. The first-order valence-corrected chi connectivity index (χ1v) is 7.12. The van der Waals surface area contributed by atoms with E-state index in [-0.39, 0.29) is 46.8 Å². The van der Waals surface area contributed by atoms with Gasteiger partial charge in [0.15, 0.2) is 0 Å². The first kappa shape index (κ1) is 18.5. The van der Waals surface area contributed by atoms with Gasteiger partial charge in [-0.2, -0.15) is 0 Å². The summed E-state index contributed by atoms with van der Waals surface area (Å²) in [6.45, 7) is 0. The summed E-state index contributed by atoms with van der Waals surface area (Å²) in [7, 11) is -4.90. The summed E-state index contributed by atoms with van der Waals surface area (Å²) in [6, 6.07) is 10.1. The average molecular weight is 330 g/mol. The molecule has 0 aliphatic rings. The molecular formula is C14H11NaO6S. The average Bonchev–Trinajstić information content (AvgIpc) is 2.35. The van der Waals surface area contributed by atoms with Crippen molar-refractivity contribution in [2.45, 2.75) is 0 Å². The van der Waals surface area contributed by atoms with E-state index in [1.807, 2.05) is 0 Å². The van der Waals surface area contributed by atoms with Gasteiger partial charge in [-0.15, -0.1) is 0 Å². The molecule has 6 nitrogen and oxygen atoms in total. The molecule has 0 spiro atoms. The normalized spacial score (nSPS) is 11.1. The number of phenols is 2. The molecule has 0 saturated heterocycles. The zero-order valence-electron chi connectivity index (χ0n) is 11.6. The number of hydrogen-bond donors (Lipinski definition) is 2. The van der Waals surface area contributed by atoms with Crippen molar-refractivity contribution in [1.29, 1.82) is 0 Å². The van der Waals surface area contributed by atoms with Gasteiger partial charge in [-0.25, -0.2) is 8.42 Å². The molecule has 0 amide bonds. The summed E-state index contributed by atoms with van der Waals surface area (Å²) < 4.78 is 35.8. The van der Waals surface area contributed by atoms with Crippen LogP contribution in [0.3, 0.4) is 0 Å². The van der Waals surface area contributed by atoms with Crippen LogP contribution in [0.25, 0.3) is 12.2 Å². The van der Waals surface area contributed by atoms with Crippen molar-refractivity contribution in [1.82, 2.24) is 0 Å². The van der Waals surface area contributed by atoms with Crippen LogP contribution in [0.15, 0.2) is 42.5 Å². The standard InChI is InChI=1S/C14H12O6S.Na/c15-12-5-3-10(4-6-12)1-2-11-7-13(16)9-14(8-11)20-21(17,18)19;/h1-9,15-16H,(H,17,18,19);/q;+1/p-1/b2-1+;. The van der Waals surface area contributed by atoms with Crippen molar-refractivity contribution in [3.05, 3.63) is 53.6 Å². The van der Waals surface area contributed by atoms with E-state index in [0.29, 0.717) is 5.56 Å². The van der Waals surface area contributed by atoms with E-state index in [9.17, 15) is 18.1 Å². The summed E-state index contributed by atoms with van der Waals surface area (Å²) in [4.78, 5) is 0. The molecule has 8 heteroatoms. The van der Waals surface area contributed by atoms with Crippen LogP contribution < -0.4 is 33.7 Å². The zero-order valence-corrected chi connectivity index (χ0v) is 14.4. The fraction of sp³-hybridized carbons (Fsp3) is 0. The van der Waals surface area contributed by atoms with Gasteiger partial charge in [-0.1, -0.05) is 24.3 Å². The van der Waals surface area contributed by atoms with Crippen LogP contribution in [-0.4, -0.2) is 23.2 Å². The molecule has 0 aliphatic heterocycles. The van der Waals surface area contributed by atoms with Gasteiger partial charge in [-0.05, 0) is 35.4 Å². The minimum absolute atomic E-state index is 0. The van der Waals surface area contributed by atoms with E-state index in [2.05, 4.69) is 4.18 Å². The maximum atomic E-state index is 10.5. The van der Waals surface area contributed by atoms with Crippen molar-refractivity contribution in [2.75, 3.05) is 0 Å². The fourth-order valence-electron chi connectivity index (χ4n) is 1.65.